The number of para-hydroxylation sites is 2. The van der Waals surface area contributed by atoms with Crippen molar-refractivity contribution in [3.8, 4) is 11.5 Å². The van der Waals surface area contributed by atoms with Gasteiger partial charge in [-0.15, -0.1) is 0 Å². The summed E-state index contributed by atoms with van der Waals surface area (Å²) < 4.78 is 6.74. The van der Waals surface area contributed by atoms with Gasteiger partial charge in [0.1, 0.15) is 0 Å². The van der Waals surface area contributed by atoms with Gasteiger partial charge in [0.25, 0.3) is 0 Å². The highest BCUT2D eigenvalue weighted by Crippen LogP contribution is 2.26. The van der Waals surface area contributed by atoms with Gasteiger partial charge in [0.2, 0.25) is 0 Å². The van der Waals surface area contributed by atoms with Crippen LogP contribution in [-0.2, 0) is 13.0 Å². The fourth-order valence-electron chi connectivity index (χ4n) is 2.49. The Morgan fingerprint density at radius 1 is 1.22 bits per heavy atom. The van der Waals surface area contributed by atoms with Crippen LogP contribution in [0.1, 0.15) is 12.2 Å². The second-order valence-corrected chi connectivity index (χ2v) is 4.97. The number of aryl methyl sites for hydroxylation is 2. The summed E-state index contributed by atoms with van der Waals surface area (Å²) in [6.07, 6.45) is 1.47. The molecule has 0 atom stereocenters. The zero-order valence-corrected chi connectivity index (χ0v) is 12.0. The molecule has 3 heterocycles. The summed E-state index contributed by atoms with van der Waals surface area (Å²) in [5.41, 5.74) is 8.10. The van der Waals surface area contributed by atoms with Gasteiger partial charge in [0, 0.05) is 12.4 Å². The summed E-state index contributed by atoms with van der Waals surface area (Å²) in [4.78, 5) is 4.60. The number of benzene rings is 1. The van der Waals surface area contributed by atoms with E-state index >= 15 is 0 Å². The molecule has 0 aliphatic carbocycles. The van der Waals surface area contributed by atoms with E-state index in [1.165, 1.54) is 0 Å². The summed E-state index contributed by atoms with van der Waals surface area (Å²) in [5, 5.41) is 22.1. The van der Waals surface area contributed by atoms with Crippen molar-refractivity contribution in [3.05, 3.63) is 30.1 Å². The van der Waals surface area contributed by atoms with E-state index in [-0.39, 0.29) is 5.82 Å². The molecule has 0 saturated heterocycles. The Morgan fingerprint density at radius 2 is 2.13 bits per heavy atom. The highest BCUT2D eigenvalue weighted by Gasteiger charge is 2.18. The van der Waals surface area contributed by atoms with Crippen molar-refractivity contribution < 1.29 is 4.63 Å². The first kappa shape index (κ1) is 13.4. The Kier molecular flexibility index (Phi) is 3.18. The highest BCUT2D eigenvalue weighted by molar-refractivity contribution is 5.81. The topological polar surface area (TPSA) is 136 Å². The first-order chi connectivity index (χ1) is 11.3. The molecule has 0 aliphatic rings. The van der Waals surface area contributed by atoms with Crippen molar-refractivity contribution in [2.24, 2.45) is 0 Å². The third-order valence-corrected chi connectivity index (χ3v) is 3.52. The van der Waals surface area contributed by atoms with Crippen molar-refractivity contribution in [1.29, 1.82) is 0 Å². The van der Waals surface area contributed by atoms with Gasteiger partial charge in [-0.05, 0) is 35.3 Å². The summed E-state index contributed by atoms with van der Waals surface area (Å²) >= 11 is 0. The molecule has 2 N–H and O–H groups in total. The molecule has 116 valence electrons. The van der Waals surface area contributed by atoms with Crippen LogP contribution in [0.5, 0.6) is 0 Å². The van der Waals surface area contributed by atoms with Crippen LogP contribution in [0.3, 0.4) is 0 Å². The molecule has 4 aromatic rings. The summed E-state index contributed by atoms with van der Waals surface area (Å²) in [7, 11) is 0. The fourth-order valence-corrected chi connectivity index (χ4v) is 2.49. The number of aromatic nitrogens is 8. The van der Waals surface area contributed by atoms with Crippen LogP contribution in [0.15, 0.2) is 28.9 Å². The van der Waals surface area contributed by atoms with E-state index < -0.39 is 0 Å². The van der Waals surface area contributed by atoms with Gasteiger partial charge in [-0.1, -0.05) is 12.1 Å². The molecule has 10 heteroatoms. The lowest BCUT2D eigenvalue weighted by atomic mass is 10.2. The van der Waals surface area contributed by atoms with E-state index in [9.17, 15) is 0 Å². The van der Waals surface area contributed by atoms with Crippen molar-refractivity contribution in [2.45, 2.75) is 19.4 Å². The number of fused-ring (bicyclic) bond motifs is 1. The minimum atomic E-state index is 0.217. The number of hydrogen-bond donors (Lipinski definition) is 1. The minimum absolute atomic E-state index is 0.217. The lowest BCUT2D eigenvalue weighted by Gasteiger charge is -2.07. The van der Waals surface area contributed by atoms with E-state index in [1.807, 2.05) is 28.8 Å². The van der Waals surface area contributed by atoms with E-state index in [1.54, 1.807) is 0 Å². The third kappa shape index (κ3) is 2.39. The maximum atomic E-state index is 5.81. The number of rotatable bonds is 5. The molecule has 0 amide bonds. The zero-order chi connectivity index (χ0) is 15.6. The monoisotopic (exact) mass is 310 g/mol. The molecule has 3 aromatic heterocycles. The second-order valence-electron chi connectivity index (χ2n) is 4.97. The molecule has 1 aromatic carbocycles. The SMILES string of the molecule is Nc1nonc1-c1nc2ccccc2n1CCCc1nnn[n-]1. The summed E-state index contributed by atoms with van der Waals surface area (Å²) in [6, 6.07) is 7.83. The summed E-state index contributed by atoms with van der Waals surface area (Å²) in [5.74, 6) is 1.47. The Labute approximate surface area is 129 Å². The highest BCUT2D eigenvalue weighted by atomic mass is 16.6. The van der Waals surface area contributed by atoms with Crippen molar-refractivity contribution in [2.75, 3.05) is 5.73 Å². The van der Waals surface area contributed by atoms with Crippen LogP contribution in [0.25, 0.3) is 22.6 Å². The van der Waals surface area contributed by atoms with E-state index in [0.29, 0.717) is 30.3 Å². The second kappa shape index (κ2) is 5.48. The smallest absolute Gasteiger partial charge is 0.199 e. The first-order valence-electron chi connectivity index (χ1n) is 7.04. The molecule has 0 radical (unpaired) electrons. The number of nitrogens with two attached hydrogens (primary N) is 1. The average Bonchev–Trinajstić information content (AvgIpc) is 3.28. The average molecular weight is 310 g/mol. The van der Waals surface area contributed by atoms with Crippen LogP contribution >= 0.6 is 0 Å². The lowest BCUT2D eigenvalue weighted by Crippen LogP contribution is -2.04. The number of hydrogen-bond acceptors (Lipinski definition) is 8. The van der Waals surface area contributed by atoms with E-state index in [2.05, 4.69) is 35.9 Å². The third-order valence-electron chi connectivity index (χ3n) is 3.52. The first-order valence-corrected chi connectivity index (χ1v) is 7.04. The van der Waals surface area contributed by atoms with Crippen LogP contribution in [0, 0.1) is 0 Å². The fraction of sp³-hybridized carbons (Fsp3) is 0.231. The molecular weight excluding hydrogens is 298 g/mol. The number of anilines is 1. The van der Waals surface area contributed by atoms with Crippen molar-refractivity contribution in [1.82, 2.24) is 40.5 Å². The number of nitrogen functional groups attached to an aromatic ring is 1. The molecule has 0 spiro atoms. The predicted molar refractivity (Wildman–Crippen MR) is 78.9 cm³/mol. The standard InChI is InChI=1S/C13H12N9O/c14-12-11(18-23-19-12)13-15-8-4-1-2-5-9(8)22(13)7-3-6-10-16-20-21-17-10/h1-2,4-5H,3,6-7H2,(H2-,14,16,17,19,20,21)/q-1. The van der Waals surface area contributed by atoms with Crippen molar-refractivity contribution >= 4 is 16.9 Å². The zero-order valence-electron chi connectivity index (χ0n) is 12.0. The Hall–Kier alpha value is -3.30. The van der Waals surface area contributed by atoms with Gasteiger partial charge in [0.05, 0.1) is 11.0 Å². The van der Waals surface area contributed by atoms with Gasteiger partial charge in [-0.3, -0.25) is 10.3 Å². The quantitative estimate of drug-likeness (QED) is 0.556. The minimum Gasteiger partial charge on any atom is -0.379 e. The Balaban J connectivity index is 1.69. The Bertz CT molecular complexity index is 924. The maximum absolute atomic E-state index is 5.81. The largest absolute Gasteiger partial charge is 0.379 e. The van der Waals surface area contributed by atoms with E-state index in [4.69, 9.17) is 10.4 Å². The summed E-state index contributed by atoms with van der Waals surface area (Å²) in [6.45, 7) is 0.691. The van der Waals surface area contributed by atoms with Crippen molar-refractivity contribution in [3.63, 3.8) is 0 Å². The van der Waals surface area contributed by atoms with Crippen LogP contribution in [-0.4, -0.2) is 35.4 Å². The normalized spacial score (nSPS) is 11.3. The number of nitrogens with zero attached hydrogens (tertiary/aromatic N) is 8. The molecule has 0 fully saturated rings. The lowest BCUT2D eigenvalue weighted by molar-refractivity contribution is 0.310. The molecule has 0 unspecified atom stereocenters. The van der Waals surface area contributed by atoms with Gasteiger partial charge >= 0.3 is 0 Å². The van der Waals surface area contributed by atoms with Crippen LogP contribution in [0.4, 0.5) is 5.82 Å². The molecule has 10 nitrogen and oxygen atoms in total. The van der Waals surface area contributed by atoms with Gasteiger partial charge in [0.15, 0.2) is 17.3 Å². The van der Waals surface area contributed by atoms with Gasteiger partial charge < -0.3 is 15.4 Å². The molecule has 0 aliphatic heterocycles. The van der Waals surface area contributed by atoms with Crippen LogP contribution < -0.4 is 10.8 Å². The molecule has 0 saturated carbocycles. The molecular formula is C13H12N9O-. The molecule has 0 bridgehead atoms. The Morgan fingerprint density at radius 3 is 2.91 bits per heavy atom. The predicted octanol–water partition coefficient (Wildman–Crippen LogP) is 0.443. The number of tetrazole rings is 1. The maximum Gasteiger partial charge on any atom is 0.199 e. The van der Waals surface area contributed by atoms with Crippen LogP contribution in [0.2, 0.25) is 0 Å². The molecule has 23 heavy (non-hydrogen) atoms. The van der Waals surface area contributed by atoms with Gasteiger partial charge in [-0.25, -0.2) is 9.61 Å². The number of imidazole rings is 1. The molecule has 4 rings (SSSR count). The van der Waals surface area contributed by atoms with E-state index in [0.717, 1.165) is 17.5 Å². The van der Waals surface area contributed by atoms with Gasteiger partial charge in [-0.2, -0.15) is 5.21 Å².